The molecule has 4 rings (SSSR count). The lowest BCUT2D eigenvalue weighted by atomic mass is 9.96. The van der Waals surface area contributed by atoms with Crippen molar-refractivity contribution >= 4 is 29.4 Å². The topological polar surface area (TPSA) is 87.0 Å². The minimum absolute atomic E-state index is 0.0558. The molecular weight excluding hydrogens is 452 g/mol. The lowest BCUT2D eigenvalue weighted by Crippen LogP contribution is -2.39. The minimum atomic E-state index is -0.677. The monoisotopic (exact) mass is 474 g/mol. The predicted octanol–water partition coefficient (Wildman–Crippen LogP) is 2.89. The van der Waals surface area contributed by atoms with Gasteiger partial charge in [0.15, 0.2) is 4.80 Å². The van der Waals surface area contributed by atoms with E-state index in [1.54, 1.807) is 31.2 Å². The van der Waals surface area contributed by atoms with E-state index in [9.17, 15) is 14.4 Å². The second-order valence-corrected chi connectivity index (χ2v) is 8.55. The van der Waals surface area contributed by atoms with Crippen LogP contribution < -0.4 is 19.6 Å². The average Bonchev–Trinajstić information content (AvgIpc) is 3.11. The number of esters is 2. The van der Waals surface area contributed by atoms with Gasteiger partial charge >= 0.3 is 11.9 Å². The van der Waals surface area contributed by atoms with Crippen LogP contribution >= 0.6 is 11.3 Å². The smallest absolute Gasteiger partial charge is 0.338 e. The highest BCUT2D eigenvalue weighted by Gasteiger charge is 2.33. The van der Waals surface area contributed by atoms with Crippen LogP contribution in [0.25, 0.3) is 6.08 Å². The molecule has 0 N–H and O–H groups in total. The van der Waals surface area contributed by atoms with Crippen molar-refractivity contribution in [3.8, 4) is 5.75 Å². The maximum atomic E-state index is 13.6. The minimum Gasteiger partial charge on any atom is -0.458 e. The summed E-state index contributed by atoms with van der Waals surface area (Å²) in [7, 11) is 0. The van der Waals surface area contributed by atoms with E-state index in [1.165, 1.54) is 28.9 Å². The summed E-state index contributed by atoms with van der Waals surface area (Å²) in [6.07, 6.45) is 3.21. The van der Waals surface area contributed by atoms with Gasteiger partial charge in [0.25, 0.3) is 5.56 Å². The molecule has 2 aromatic carbocycles. The fourth-order valence-electron chi connectivity index (χ4n) is 3.73. The molecule has 3 aromatic rings. The van der Waals surface area contributed by atoms with Gasteiger partial charge in [0.1, 0.15) is 12.4 Å². The summed E-state index contributed by atoms with van der Waals surface area (Å²) in [4.78, 5) is 42.8. The van der Waals surface area contributed by atoms with E-state index in [4.69, 9.17) is 9.47 Å². The van der Waals surface area contributed by atoms with Gasteiger partial charge in [0.05, 0.1) is 21.8 Å². The Morgan fingerprint density at radius 1 is 1.18 bits per heavy atom. The number of aromatic nitrogens is 1. The quantitative estimate of drug-likeness (QED) is 0.312. The molecule has 7 nitrogen and oxygen atoms in total. The molecule has 0 bridgehead atoms. The largest absolute Gasteiger partial charge is 0.458 e. The van der Waals surface area contributed by atoms with E-state index in [2.05, 4.69) is 11.6 Å². The summed E-state index contributed by atoms with van der Waals surface area (Å²) in [6.45, 7) is 6.71. The summed E-state index contributed by atoms with van der Waals surface area (Å²) in [5, 5.41) is 0. The Kier molecular flexibility index (Phi) is 6.70. The highest BCUT2D eigenvalue weighted by molar-refractivity contribution is 7.07. The van der Waals surface area contributed by atoms with E-state index in [0.29, 0.717) is 31.9 Å². The summed E-state index contributed by atoms with van der Waals surface area (Å²) in [5.41, 5.74) is 1.99. The molecule has 2 heterocycles. The molecule has 0 saturated carbocycles. The Labute approximate surface area is 199 Å². The molecular formula is C26H22N2O5S. The number of ether oxygens (including phenoxy) is 2. The Bertz CT molecular complexity index is 1480. The lowest BCUT2D eigenvalue weighted by molar-refractivity contribution is -0.138. The maximum Gasteiger partial charge on any atom is 0.338 e. The molecule has 1 aliphatic rings. The molecule has 0 amide bonds. The zero-order chi connectivity index (χ0) is 24.2. The molecule has 0 saturated heterocycles. The van der Waals surface area contributed by atoms with Gasteiger partial charge in [-0.05, 0) is 36.3 Å². The molecule has 1 aromatic heterocycles. The van der Waals surface area contributed by atoms with E-state index >= 15 is 0 Å². The number of hydrogen-bond donors (Lipinski definition) is 0. The first-order valence-electron chi connectivity index (χ1n) is 10.5. The molecule has 1 aliphatic heterocycles. The van der Waals surface area contributed by atoms with E-state index in [-0.39, 0.29) is 12.2 Å². The third-order valence-electron chi connectivity index (χ3n) is 5.11. The van der Waals surface area contributed by atoms with Crippen molar-refractivity contribution in [2.75, 3.05) is 6.61 Å². The number of carbonyl (C=O) groups is 2. The van der Waals surface area contributed by atoms with Crippen LogP contribution in [0, 0.1) is 0 Å². The summed E-state index contributed by atoms with van der Waals surface area (Å²) >= 11 is 1.23. The van der Waals surface area contributed by atoms with Gasteiger partial charge in [-0.2, -0.15) is 0 Å². The first kappa shape index (κ1) is 23.1. The Morgan fingerprint density at radius 2 is 1.94 bits per heavy atom. The Morgan fingerprint density at radius 3 is 2.65 bits per heavy atom. The third kappa shape index (κ3) is 4.67. The summed E-state index contributed by atoms with van der Waals surface area (Å²) < 4.78 is 12.4. The molecule has 0 aliphatic carbocycles. The van der Waals surface area contributed by atoms with Crippen molar-refractivity contribution in [2.45, 2.75) is 19.9 Å². The third-order valence-corrected chi connectivity index (χ3v) is 6.09. The number of nitrogens with zero attached hydrogens (tertiary/aromatic N) is 2. The number of thiazole rings is 1. The standard InChI is InChI=1S/C26H22N2O5S/c1-4-13-32-25(31)22-16(2)27-26-28(23(22)19-10-6-5-7-11-19)24(30)21(34-26)15-18-9-8-12-20(14-18)33-17(3)29/h4-12,14-15,23H,1,13H2,2-3H3/b21-15-/t23-/m0/s1. The maximum absolute atomic E-state index is 13.6. The highest BCUT2D eigenvalue weighted by atomic mass is 32.1. The predicted molar refractivity (Wildman–Crippen MR) is 129 cm³/mol. The molecule has 1 atom stereocenters. The van der Waals surface area contributed by atoms with Crippen molar-refractivity contribution in [3.05, 3.63) is 109 Å². The Balaban J connectivity index is 1.88. The second-order valence-electron chi connectivity index (χ2n) is 7.55. The first-order valence-corrected chi connectivity index (χ1v) is 11.3. The van der Waals surface area contributed by atoms with Crippen molar-refractivity contribution < 1.29 is 19.1 Å². The van der Waals surface area contributed by atoms with Gasteiger partial charge in [-0.3, -0.25) is 14.2 Å². The molecule has 172 valence electrons. The second kappa shape index (κ2) is 9.84. The summed E-state index contributed by atoms with van der Waals surface area (Å²) in [6, 6.07) is 15.5. The van der Waals surface area contributed by atoms with Gasteiger partial charge < -0.3 is 9.47 Å². The zero-order valence-corrected chi connectivity index (χ0v) is 19.5. The van der Waals surface area contributed by atoms with Crippen LogP contribution in [-0.4, -0.2) is 23.1 Å². The van der Waals surface area contributed by atoms with Gasteiger partial charge in [0, 0.05) is 6.92 Å². The van der Waals surface area contributed by atoms with Crippen molar-refractivity contribution in [2.24, 2.45) is 4.99 Å². The molecule has 0 unspecified atom stereocenters. The molecule has 0 spiro atoms. The molecule has 0 fully saturated rings. The molecule has 34 heavy (non-hydrogen) atoms. The fraction of sp³-hybridized carbons (Fsp3) is 0.154. The average molecular weight is 475 g/mol. The summed E-state index contributed by atoms with van der Waals surface area (Å²) in [5.74, 6) is -0.580. The highest BCUT2D eigenvalue weighted by Crippen LogP contribution is 2.30. The lowest BCUT2D eigenvalue weighted by Gasteiger charge is -2.24. The van der Waals surface area contributed by atoms with Crippen molar-refractivity contribution in [1.82, 2.24) is 4.57 Å². The van der Waals surface area contributed by atoms with E-state index in [0.717, 1.165) is 5.56 Å². The number of carbonyl (C=O) groups excluding carboxylic acids is 2. The van der Waals surface area contributed by atoms with Crippen LogP contribution in [0.1, 0.15) is 31.0 Å². The van der Waals surface area contributed by atoms with Gasteiger partial charge in [-0.25, -0.2) is 9.79 Å². The van der Waals surface area contributed by atoms with Crippen LogP contribution in [0.15, 0.2) is 88.3 Å². The SMILES string of the molecule is C=CCOC(=O)C1=C(C)N=c2s/c(=C\c3cccc(OC(C)=O)c3)c(=O)n2[C@H]1c1ccccc1. The number of fused-ring (bicyclic) bond motifs is 1. The normalized spacial score (nSPS) is 15.4. The van der Waals surface area contributed by atoms with Crippen LogP contribution in [0.5, 0.6) is 5.75 Å². The van der Waals surface area contributed by atoms with E-state index < -0.39 is 18.0 Å². The van der Waals surface area contributed by atoms with Gasteiger partial charge in [0.2, 0.25) is 0 Å². The number of allylic oxidation sites excluding steroid dienone is 1. The van der Waals surface area contributed by atoms with Crippen molar-refractivity contribution in [1.29, 1.82) is 0 Å². The molecule has 0 radical (unpaired) electrons. The fourth-order valence-corrected chi connectivity index (χ4v) is 4.78. The van der Waals surface area contributed by atoms with Crippen LogP contribution in [-0.2, 0) is 14.3 Å². The van der Waals surface area contributed by atoms with Gasteiger partial charge in [-0.1, -0.05) is 66.5 Å². The Hall–Kier alpha value is -4.04. The van der Waals surface area contributed by atoms with Crippen LogP contribution in [0.3, 0.4) is 0 Å². The number of rotatable bonds is 6. The number of hydrogen-bond acceptors (Lipinski definition) is 7. The molecule has 8 heteroatoms. The van der Waals surface area contributed by atoms with E-state index in [1.807, 2.05) is 36.4 Å². The van der Waals surface area contributed by atoms with Crippen molar-refractivity contribution in [3.63, 3.8) is 0 Å². The number of benzene rings is 2. The van der Waals surface area contributed by atoms with Gasteiger partial charge in [-0.15, -0.1) is 0 Å². The first-order chi connectivity index (χ1) is 16.4. The zero-order valence-electron chi connectivity index (χ0n) is 18.7. The van der Waals surface area contributed by atoms with Crippen LogP contribution in [0.4, 0.5) is 0 Å². The van der Waals surface area contributed by atoms with Crippen LogP contribution in [0.2, 0.25) is 0 Å².